The summed E-state index contributed by atoms with van der Waals surface area (Å²) in [5, 5.41) is 3.21. The predicted molar refractivity (Wildman–Crippen MR) is 125 cm³/mol. The van der Waals surface area contributed by atoms with Crippen molar-refractivity contribution in [2.24, 2.45) is 0 Å². The lowest BCUT2D eigenvalue weighted by Gasteiger charge is -2.13. The number of pyridine rings is 2. The predicted octanol–water partition coefficient (Wildman–Crippen LogP) is 3.42. The molecule has 4 heterocycles. The Bertz CT molecular complexity index is 1410. The highest BCUT2D eigenvalue weighted by Gasteiger charge is 2.19. The SMILES string of the molecule is COCC#Cc1cnc2nc(NC(=O)c3cnc(C)cc3-c3cc(C)ncc3OC)sc2n1. The number of thiazole rings is 1. The van der Waals surface area contributed by atoms with Crippen molar-refractivity contribution in [3.8, 4) is 28.7 Å². The second-order valence-electron chi connectivity index (χ2n) is 6.99. The molecule has 0 saturated carbocycles. The highest BCUT2D eigenvalue weighted by atomic mass is 32.1. The van der Waals surface area contributed by atoms with Crippen LogP contribution < -0.4 is 10.1 Å². The Morgan fingerprint density at radius 3 is 2.55 bits per heavy atom. The van der Waals surface area contributed by atoms with Gasteiger partial charge in [-0.05, 0) is 31.9 Å². The number of ether oxygens (including phenoxy) is 2. The van der Waals surface area contributed by atoms with Gasteiger partial charge in [0.2, 0.25) is 0 Å². The monoisotopic (exact) mass is 460 g/mol. The zero-order valence-electron chi connectivity index (χ0n) is 18.5. The van der Waals surface area contributed by atoms with E-state index in [4.69, 9.17) is 9.47 Å². The number of rotatable bonds is 5. The summed E-state index contributed by atoms with van der Waals surface area (Å²) < 4.78 is 10.4. The molecule has 0 bridgehead atoms. The van der Waals surface area contributed by atoms with Crippen LogP contribution in [0.3, 0.4) is 0 Å². The summed E-state index contributed by atoms with van der Waals surface area (Å²) in [6, 6.07) is 3.72. The zero-order valence-corrected chi connectivity index (χ0v) is 19.3. The standard InChI is InChI=1S/C23H20N6O3S/c1-13-8-16(17-9-14(2)25-12-19(17)32-4)18(11-24-13)21(30)29-23-28-20-22(33-23)27-15(10-26-20)6-5-7-31-3/h8-12H,7H2,1-4H3,(H,26,28,29,30). The number of carbonyl (C=O) groups is 1. The molecule has 0 aliphatic carbocycles. The fourth-order valence-corrected chi connectivity index (χ4v) is 3.88. The third-order valence-electron chi connectivity index (χ3n) is 4.58. The van der Waals surface area contributed by atoms with Crippen LogP contribution in [0.1, 0.15) is 27.4 Å². The van der Waals surface area contributed by atoms with Gasteiger partial charge in [0.1, 0.15) is 18.1 Å². The van der Waals surface area contributed by atoms with Gasteiger partial charge >= 0.3 is 0 Å². The smallest absolute Gasteiger partial charge is 0.259 e. The van der Waals surface area contributed by atoms with Gasteiger partial charge < -0.3 is 9.47 Å². The van der Waals surface area contributed by atoms with Crippen LogP contribution in [0.5, 0.6) is 5.75 Å². The molecule has 10 heteroatoms. The lowest BCUT2D eigenvalue weighted by molar-refractivity contribution is 0.102. The average Bonchev–Trinajstić information content (AvgIpc) is 3.20. The Hall–Kier alpha value is -3.94. The van der Waals surface area contributed by atoms with Crippen molar-refractivity contribution in [1.29, 1.82) is 0 Å². The normalized spacial score (nSPS) is 10.5. The first-order valence-corrected chi connectivity index (χ1v) is 10.7. The maximum Gasteiger partial charge on any atom is 0.259 e. The Kier molecular flexibility index (Phi) is 6.53. The molecule has 0 fully saturated rings. The van der Waals surface area contributed by atoms with Crippen molar-refractivity contribution in [3.05, 3.63) is 53.4 Å². The van der Waals surface area contributed by atoms with E-state index in [9.17, 15) is 4.79 Å². The maximum atomic E-state index is 13.2. The summed E-state index contributed by atoms with van der Waals surface area (Å²) in [5.41, 5.74) is 4.35. The van der Waals surface area contributed by atoms with Crippen LogP contribution in [-0.2, 0) is 4.74 Å². The Balaban J connectivity index is 1.67. The number of nitrogens with one attached hydrogen (secondary N) is 1. The summed E-state index contributed by atoms with van der Waals surface area (Å²) in [5.74, 6) is 5.92. The van der Waals surface area contributed by atoms with Gasteiger partial charge in [0.15, 0.2) is 15.6 Å². The minimum atomic E-state index is -0.354. The molecule has 0 unspecified atom stereocenters. The molecule has 1 amide bonds. The molecule has 9 nitrogen and oxygen atoms in total. The molecule has 0 aliphatic rings. The molecule has 0 atom stereocenters. The first kappa shape index (κ1) is 22.3. The second-order valence-corrected chi connectivity index (χ2v) is 7.97. The molecule has 0 radical (unpaired) electrons. The number of aryl methyl sites for hydroxylation is 2. The number of anilines is 1. The van der Waals surface area contributed by atoms with Crippen molar-refractivity contribution in [3.63, 3.8) is 0 Å². The van der Waals surface area contributed by atoms with E-state index in [2.05, 4.69) is 42.1 Å². The number of hydrogen-bond acceptors (Lipinski definition) is 9. The molecule has 4 aromatic rings. The van der Waals surface area contributed by atoms with Crippen LogP contribution in [0, 0.1) is 25.7 Å². The van der Waals surface area contributed by atoms with Crippen LogP contribution in [0.25, 0.3) is 21.6 Å². The number of aromatic nitrogens is 5. The summed E-state index contributed by atoms with van der Waals surface area (Å²) in [6.07, 6.45) is 4.72. The largest absolute Gasteiger partial charge is 0.494 e. The minimum Gasteiger partial charge on any atom is -0.494 e. The van der Waals surface area contributed by atoms with Crippen LogP contribution in [0.2, 0.25) is 0 Å². The van der Waals surface area contributed by atoms with Gasteiger partial charge in [0.05, 0.1) is 25.1 Å². The zero-order chi connectivity index (χ0) is 23.4. The van der Waals surface area contributed by atoms with Crippen LogP contribution in [-0.4, -0.2) is 51.7 Å². The number of nitrogens with zero attached hydrogens (tertiary/aromatic N) is 5. The summed E-state index contributed by atoms with van der Waals surface area (Å²) in [6.45, 7) is 4.05. The highest BCUT2D eigenvalue weighted by molar-refractivity contribution is 7.21. The van der Waals surface area contributed by atoms with Crippen molar-refractivity contribution >= 4 is 32.9 Å². The molecule has 0 saturated heterocycles. The van der Waals surface area contributed by atoms with Gasteiger partial charge in [-0.25, -0.2) is 9.97 Å². The maximum absolute atomic E-state index is 13.2. The topological polar surface area (TPSA) is 112 Å². The lowest BCUT2D eigenvalue weighted by Crippen LogP contribution is -2.14. The number of methoxy groups -OCH3 is 2. The first-order chi connectivity index (χ1) is 16.0. The fraction of sp³-hybridized carbons (Fsp3) is 0.217. The molecule has 0 aliphatic heterocycles. The Morgan fingerprint density at radius 2 is 1.79 bits per heavy atom. The number of amides is 1. The quantitative estimate of drug-likeness (QED) is 0.451. The molecule has 1 N–H and O–H groups in total. The van der Waals surface area contributed by atoms with E-state index in [-0.39, 0.29) is 5.91 Å². The number of fused-ring (bicyclic) bond motifs is 1. The molecule has 4 aromatic heterocycles. The van der Waals surface area contributed by atoms with Gasteiger partial charge in [0, 0.05) is 35.8 Å². The highest BCUT2D eigenvalue weighted by Crippen LogP contribution is 2.33. The summed E-state index contributed by atoms with van der Waals surface area (Å²) >= 11 is 1.22. The van der Waals surface area contributed by atoms with Gasteiger partial charge in [-0.3, -0.25) is 20.1 Å². The van der Waals surface area contributed by atoms with E-state index in [1.807, 2.05) is 26.0 Å². The molecule has 4 rings (SSSR count). The van der Waals surface area contributed by atoms with Crippen LogP contribution in [0.15, 0.2) is 30.7 Å². The molecule has 0 aromatic carbocycles. The summed E-state index contributed by atoms with van der Waals surface area (Å²) in [7, 11) is 3.14. The molecule has 166 valence electrons. The second kappa shape index (κ2) is 9.68. The third kappa shape index (κ3) is 4.95. The molecule has 33 heavy (non-hydrogen) atoms. The molecular weight excluding hydrogens is 440 g/mol. The van der Waals surface area contributed by atoms with E-state index in [1.165, 1.54) is 17.5 Å². The van der Waals surface area contributed by atoms with Gasteiger partial charge in [-0.15, -0.1) is 0 Å². The Labute approximate surface area is 194 Å². The first-order valence-electron chi connectivity index (χ1n) is 9.89. The van der Waals surface area contributed by atoms with Gasteiger partial charge in [0.25, 0.3) is 5.91 Å². The Morgan fingerprint density at radius 1 is 1.03 bits per heavy atom. The van der Waals surface area contributed by atoms with Crippen molar-refractivity contribution < 1.29 is 14.3 Å². The summed E-state index contributed by atoms with van der Waals surface area (Å²) in [4.78, 5) is 35.4. The minimum absolute atomic E-state index is 0.304. The molecular formula is C23H20N6O3S. The number of hydrogen-bond donors (Lipinski definition) is 1. The van der Waals surface area contributed by atoms with E-state index < -0.39 is 0 Å². The average molecular weight is 461 g/mol. The van der Waals surface area contributed by atoms with Crippen molar-refractivity contribution in [1.82, 2.24) is 24.9 Å². The van der Waals surface area contributed by atoms with Crippen molar-refractivity contribution in [2.75, 3.05) is 26.1 Å². The van der Waals surface area contributed by atoms with Gasteiger partial charge in [-0.1, -0.05) is 17.3 Å². The van der Waals surface area contributed by atoms with E-state index >= 15 is 0 Å². The molecule has 0 spiro atoms. The van der Waals surface area contributed by atoms with E-state index in [1.54, 1.807) is 26.6 Å². The van der Waals surface area contributed by atoms with E-state index in [0.29, 0.717) is 44.8 Å². The van der Waals surface area contributed by atoms with Crippen LogP contribution >= 0.6 is 11.3 Å². The lowest BCUT2D eigenvalue weighted by atomic mass is 9.99. The van der Waals surface area contributed by atoms with Gasteiger partial charge in [-0.2, -0.15) is 4.98 Å². The number of carbonyl (C=O) groups excluding carboxylic acids is 1. The third-order valence-corrected chi connectivity index (χ3v) is 5.43. The fourth-order valence-electron chi connectivity index (χ4n) is 3.08. The van der Waals surface area contributed by atoms with Crippen LogP contribution in [0.4, 0.5) is 5.13 Å². The van der Waals surface area contributed by atoms with Crippen molar-refractivity contribution in [2.45, 2.75) is 13.8 Å². The van der Waals surface area contributed by atoms with E-state index in [0.717, 1.165) is 17.0 Å².